The predicted octanol–water partition coefficient (Wildman–Crippen LogP) is 7.71. The first kappa shape index (κ1) is 27.7. The number of carboxylic acid groups (broad SMARTS) is 1. The van der Waals surface area contributed by atoms with Gasteiger partial charge in [0, 0.05) is 18.4 Å². The molecule has 0 aliphatic carbocycles. The molecule has 1 atom stereocenters. The van der Waals surface area contributed by atoms with E-state index in [-0.39, 0.29) is 6.42 Å². The van der Waals surface area contributed by atoms with Gasteiger partial charge in [0.2, 0.25) is 11.5 Å². The number of rotatable bonds is 11. The average molecular weight is 548 g/mol. The number of carbonyl (C=O) groups is 1. The minimum absolute atomic E-state index is 0.212. The number of carboxylic acids is 1. The lowest BCUT2D eigenvalue weighted by Gasteiger charge is -2.26. The number of hydrogen-bond acceptors (Lipinski definition) is 5. The third kappa shape index (κ3) is 6.84. The number of aryl methyl sites for hydroxylation is 2. The summed E-state index contributed by atoms with van der Waals surface area (Å²) >= 11 is 0. The van der Waals surface area contributed by atoms with Crippen LogP contribution >= 0.6 is 0 Å². The van der Waals surface area contributed by atoms with Gasteiger partial charge in [-0.1, -0.05) is 72.3 Å². The monoisotopic (exact) mass is 547 g/mol. The largest absolute Gasteiger partial charge is 0.493 e. The van der Waals surface area contributed by atoms with E-state index < -0.39 is 11.6 Å². The number of aromatic nitrogens is 1. The van der Waals surface area contributed by atoms with Crippen LogP contribution in [0.15, 0.2) is 108 Å². The molecule has 208 valence electrons. The van der Waals surface area contributed by atoms with Gasteiger partial charge >= 0.3 is 5.97 Å². The summed E-state index contributed by atoms with van der Waals surface area (Å²) in [5.41, 5.74) is 4.61. The number of benzene rings is 4. The zero-order valence-corrected chi connectivity index (χ0v) is 23.5. The molecule has 5 aromatic rings. The van der Waals surface area contributed by atoms with Crippen molar-refractivity contribution < 1.29 is 23.8 Å². The van der Waals surface area contributed by atoms with Crippen molar-refractivity contribution in [3.05, 3.63) is 126 Å². The molecule has 5 rings (SSSR count). The maximum absolute atomic E-state index is 12.1. The molecule has 0 spiro atoms. The molecular formula is C35H33NO5. The molecule has 41 heavy (non-hydrogen) atoms. The maximum Gasteiger partial charge on any atom is 0.348 e. The summed E-state index contributed by atoms with van der Waals surface area (Å²) in [4.78, 5) is 16.8. The first-order valence-electron chi connectivity index (χ1n) is 13.6. The average Bonchev–Trinajstić information content (AvgIpc) is 3.36. The summed E-state index contributed by atoms with van der Waals surface area (Å²) in [5, 5.41) is 9.88. The lowest BCUT2D eigenvalue weighted by Crippen LogP contribution is -2.43. The second kappa shape index (κ2) is 12.1. The quantitative estimate of drug-likeness (QED) is 0.182. The molecule has 0 saturated heterocycles. The number of aliphatic carboxylic acids is 1. The van der Waals surface area contributed by atoms with Crippen LogP contribution < -0.4 is 9.47 Å². The number of ether oxygens (including phenoxy) is 2. The Bertz CT molecular complexity index is 1590. The van der Waals surface area contributed by atoms with Gasteiger partial charge in [0.05, 0.1) is 12.3 Å². The zero-order chi connectivity index (χ0) is 28.8. The molecule has 4 aromatic carbocycles. The first-order chi connectivity index (χ1) is 19.8. The third-order valence-electron chi connectivity index (χ3n) is 7.02. The number of oxazole rings is 1. The Morgan fingerprint density at radius 3 is 2.07 bits per heavy atom. The molecule has 0 fully saturated rings. The Balaban J connectivity index is 1.16. The fourth-order valence-electron chi connectivity index (χ4n) is 4.60. The van der Waals surface area contributed by atoms with Crippen LogP contribution in [0.25, 0.3) is 22.6 Å². The van der Waals surface area contributed by atoms with Gasteiger partial charge in [-0.25, -0.2) is 9.78 Å². The minimum Gasteiger partial charge on any atom is -0.493 e. The van der Waals surface area contributed by atoms with Crippen molar-refractivity contribution in [3.8, 4) is 34.1 Å². The van der Waals surface area contributed by atoms with Crippen LogP contribution in [0, 0.1) is 13.8 Å². The molecular weight excluding hydrogens is 514 g/mol. The SMILES string of the molecule is Cc1ccc(O[C@](C)(Cc2ccc(OCCc3nc(-c4ccc(-c5ccccc5)cc4)oc3C)cc2)C(=O)O)cc1. The van der Waals surface area contributed by atoms with Crippen LogP contribution in [-0.2, 0) is 17.6 Å². The molecule has 0 bridgehead atoms. The molecule has 0 radical (unpaired) electrons. The van der Waals surface area contributed by atoms with Gasteiger partial charge in [-0.05, 0) is 73.9 Å². The van der Waals surface area contributed by atoms with Gasteiger partial charge in [0.1, 0.15) is 17.3 Å². The Morgan fingerprint density at radius 1 is 0.805 bits per heavy atom. The highest BCUT2D eigenvalue weighted by Gasteiger charge is 2.36. The topological polar surface area (TPSA) is 81.8 Å². The Morgan fingerprint density at radius 2 is 1.41 bits per heavy atom. The molecule has 0 unspecified atom stereocenters. The van der Waals surface area contributed by atoms with E-state index in [1.165, 1.54) is 5.56 Å². The summed E-state index contributed by atoms with van der Waals surface area (Å²) in [6, 6.07) is 33.2. The lowest BCUT2D eigenvalue weighted by atomic mass is 9.96. The van der Waals surface area contributed by atoms with Crippen LogP contribution in [0.2, 0.25) is 0 Å². The molecule has 6 heteroatoms. The Labute approximate surface area is 240 Å². The molecule has 0 aliphatic heterocycles. The van der Waals surface area contributed by atoms with Gasteiger partial charge in [-0.2, -0.15) is 0 Å². The predicted molar refractivity (Wildman–Crippen MR) is 159 cm³/mol. The molecule has 0 aliphatic rings. The summed E-state index contributed by atoms with van der Waals surface area (Å²) in [6.07, 6.45) is 0.810. The van der Waals surface area contributed by atoms with Crippen LogP contribution in [0.1, 0.15) is 29.5 Å². The fourth-order valence-corrected chi connectivity index (χ4v) is 4.60. The summed E-state index contributed by atoms with van der Waals surface area (Å²) < 4.78 is 17.8. The van der Waals surface area contributed by atoms with Crippen molar-refractivity contribution in [2.45, 2.75) is 39.2 Å². The van der Waals surface area contributed by atoms with Crippen molar-refractivity contribution in [1.29, 1.82) is 0 Å². The van der Waals surface area contributed by atoms with E-state index >= 15 is 0 Å². The molecule has 6 nitrogen and oxygen atoms in total. The van der Waals surface area contributed by atoms with E-state index in [1.807, 2.05) is 80.6 Å². The molecule has 0 amide bonds. The van der Waals surface area contributed by atoms with Crippen molar-refractivity contribution in [3.63, 3.8) is 0 Å². The standard InChI is InChI=1S/C35H33NO5/c1-24-9-17-31(18-10-24)41-35(3,34(37)38)23-26-11-19-30(20-12-26)39-22-21-32-25(2)40-33(36-32)29-15-13-28(14-16-29)27-7-5-4-6-8-27/h4-20H,21-23H2,1-3H3,(H,37,38)/t35-/m1/s1. The molecule has 1 N–H and O–H groups in total. The van der Waals surface area contributed by atoms with Crippen LogP contribution in [0.4, 0.5) is 0 Å². The Hall–Kier alpha value is -4.84. The molecule has 1 aromatic heterocycles. The highest BCUT2D eigenvalue weighted by atomic mass is 16.5. The van der Waals surface area contributed by atoms with Crippen molar-refractivity contribution in [1.82, 2.24) is 4.98 Å². The van der Waals surface area contributed by atoms with E-state index in [2.05, 4.69) is 24.3 Å². The van der Waals surface area contributed by atoms with E-state index in [0.29, 0.717) is 30.4 Å². The summed E-state index contributed by atoms with van der Waals surface area (Å²) in [5.74, 6) is 1.57. The van der Waals surface area contributed by atoms with E-state index in [4.69, 9.17) is 18.9 Å². The highest BCUT2D eigenvalue weighted by molar-refractivity contribution is 5.78. The van der Waals surface area contributed by atoms with Gasteiger partial charge in [-0.15, -0.1) is 0 Å². The third-order valence-corrected chi connectivity index (χ3v) is 7.02. The van der Waals surface area contributed by atoms with E-state index in [9.17, 15) is 9.90 Å². The van der Waals surface area contributed by atoms with Gasteiger partial charge < -0.3 is 19.0 Å². The number of hydrogen-bond donors (Lipinski definition) is 1. The summed E-state index contributed by atoms with van der Waals surface area (Å²) in [7, 11) is 0. The van der Waals surface area contributed by atoms with Crippen molar-refractivity contribution >= 4 is 5.97 Å². The lowest BCUT2D eigenvalue weighted by molar-refractivity contribution is -0.153. The number of nitrogens with zero attached hydrogens (tertiary/aromatic N) is 1. The van der Waals surface area contributed by atoms with Gasteiger partial charge in [-0.3, -0.25) is 0 Å². The normalized spacial score (nSPS) is 12.5. The Kier molecular flexibility index (Phi) is 8.20. The van der Waals surface area contributed by atoms with Gasteiger partial charge in [0.25, 0.3) is 0 Å². The van der Waals surface area contributed by atoms with Gasteiger partial charge in [0.15, 0.2) is 0 Å². The van der Waals surface area contributed by atoms with Crippen LogP contribution in [0.3, 0.4) is 0 Å². The molecule has 0 saturated carbocycles. The highest BCUT2D eigenvalue weighted by Crippen LogP contribution is 2.27. The maximum atomic E-state index is 12.1. The van der Waals surface area contributed by atoms with E-state index in [1.54, 1.807) is 19.1 Å². The van der Waals surface area contributed by atoms with E-state index in [0.717, 1.165) is 33.7 Å². The van der Waals surface area contributed by atoms with Crippen LogP contribution in [-0.4, -0.2) is 28.3 Å². The second-order valence-electron chi connectivity index (χ2n) is 10.3. The van der Waals surface area contributed by atoms with Crippen molar-refractivity contribution in [2.75, 3.05) is 6.61 Å². The van der Waals surface area contributed by atoms with Crippen LogP contribution in [0.5, 0.6) is 11.5 Å². The fraction of sp³-hybridized carbons (Fsp3) is 0.200. The zero-order valence-electron chi connectivity index (χ0n) is 23.5. The summed E-state index contributed by atoms with van der Waals surface area (Å²) in [6.45, 7) is 5.91. The van der Waals surface area contributed by atoms with Crippen molar-refractivity contribution in [2.24, 2.45) is 0 Å². The first-order valence-corrected chi connectivity index (χ1v) is 13.6. The second-order valence-corrected chi connectivity index (χ2v) is 10.3. The molecule has 1 heterocycles. The smallest absolute Gasteiger partial charge is 0.348 e. The minimum atomic E-state index is -1.40.